The fraction of sp³-hybridized carbons (Fsp3) is 1.00. The maximum atomic E-state index is 3.84. The van der Waals surface area contributed by atoms with E-state index < -0.39 is 0 Å². The first-order chi connectivity index (χ1) is 8.30. The van der Waals surface area contributed by atoms with Crippen LogP contribution in [0.15, 0.2) is 0 Å². The minimum atomic E-state index is 0.554. The minimum absolute atomic E-state index is 0.554. The van der Waals surface area contributed by atoms with Crippen molar-refractivity contribution in [3.05, 3.63) is 0 Å². The van der Waals surface area contributed by atoms with Crippen molar-refractivity contribution in [1.29, 1.82) is 0 Å². The van der Waals surface area contributed by atoms with Crippen LogP contribution in [0, 0.1) is 17.3 Å². The summed E-state index contributed by atoms with van der Waals surface area (Å²) in [7, 11) is 0. The number of hydrogen-bond donors (Lipinski definition) is 0. The van der Waals surface area contributed by atoms with E-state index in [9.17, 15) is 0 Å². The molecule has 0 aliphatic heterocycles. The summed E-state index contributed by atoms with van der Waals surface area (Å²) >= 11 is 7.68. The molecule has 2 aliphatic rings. The van der Waals surface area contributed by atoms with Gasteiger partial charge in [-0.05, 0) is 36.5 Å². The van der Waals surface area contributed by atoms with Gasteiger partial charge < -0.3 is 0 Å². The van der Waals surface area contributed by atoms with Crippen LogP contribution < -0.4 is 0 Å². The highest BCUT2D eigenvalue weighted by Crippen LogP contribution is 2.48. The Morgan fingerprint density at radius 2 is 1.29 bits per heavy atom. The van der Waals surface area contributed by atoms with E-state index in [1.807, 2.05) is 0 Å². The minimum Gasteiger partial charge on any atom is -0.0922 e. The fourth-order valence-corrected chi connectivity index (χ4v) is 6.34. The zero-order valence-electron chi connectivity index (χ0n) is 10.9. The molecule has 0 saturated heterocycles. The summed E-state index contributed by atoms with van der Waals surface area (Å²) < 4.78 is 0. The van der Waals surface area contributed by atoms with Crippen molar-refractivity contribution in [1.82, 2.24) is 0 Å². The van der Waals surface area contributed by atoms with Crippen molar-refractivity contribution in [2.45, 2.75) is 64.2 Å². The van der Waals surface area contributed by atoms with Crippen LogP contribution in [-0.4, -0.2) is 10.7 Å². The molecule has 0 spiro atoms. The van der Waals surface area contributed by atoms with Crippen molar-refractivity contribution >= 4 is 31.9 Å². The van der Waals surface area contributed by atoms with Crippen molar-refractivity contribution in [2.75, 3.05) is 10.7 Å². The standard InChI is InChI=1S/C15H26Br2/c16-11-15(12-17,14-8-4-5-9-14)10-13-6-2-1-3-7-13/h13-14H,1-12H2. The Morgan fingerprint density at radius 3 is 1.82 bits per heavy atom. The SMILES string of the molecule is BrCC(CBr)(CC1CCCCC1)C1CCCC1. The molecular weight excluding hydrogens is 340 g/mol. The Balaban J connectivity index is 1.98. The summed E-state index contributed by atoms with van der Waals surface area (Å²) in [6, 6.07) is 0. The normalized spacial score (nSPS) is 24.4. The molecule has 0 radical (unpaired) electrons. The van der Waals surface area contributed by atoms with Gasteiger partial charge in [0, 0.05) is 10.7 Å². The van der Waals surface area contributed by atoms with Crippen molar-refractivity contribution < 1.29 is 0 Å². The van der Waals surface area contributed by atoms with Crippen LogP contribution in [0.4, 0.5) is 0 Å². The maximum Gasteiger partial charge on any atom is 0.00987 e. The van der Waals surface area contributed by atoms with E-state index in [4.69, 9.17) is 0 Å². The summed E-state index contributed by atoms with van der Waals surface area (Å²) in [4.78, 5) is 0. The third kappa shape index (κ3) is 3.49. The van der Waals surface area contributed by atoms with Crippen molar-refractivity contribution in [3.8, 4) is 0 Å². The highest BCUT2D eigenvalue weighted by Gasteiger charge is 2.40. The van der Waals surface area contributed by atoms with Gasteiger partial charge in [0.05, 0.1) is 0 Å². The Morgan fingerprint density at radius 1 is 0.765 bits per heavy atom. The lowest BCUT2D eigenvalue weighted by atomic mass is 9.69. The lowest BCUT2D eigenvalue weighted by Crippen LogP contribution is -2.35. The zero-order valence-corrected chi connectivity index (χ0v) is 14.1. The van der Waals surface area contributed by atoms with E-state index >= 15 is 0 Å². The molecule has 0 heterocycles. The van der Waals surface area contributed by atoms with Gasteiger partial charge in [-0.2, -0.15) is 0 Å². The number of rotatable bonds is 5. The molecule has 0 aromatic heterocycles. The fourth-order valence-electron chi connectivity index (χ4n) is 4.03. The molecule has 0 amide bonds. The van der Waals surface area contributed by atoms with E-state index in [1.54, 1.807) is 0 Å². The highest BCUT2D eigenvalue weighted by molar-refractivity contribution is 9.09. The van der Waals surface area contributed by atoms with Crippen molar-refractivity contribution in [3.63, 3.8) is 0 Å². The van der Waals surface area contributed by atoms with Crippen LogP contribution in [0.2, 0.25) is 0 Å². The average Bonchev–Trinajstić information content (AvgIpc) is 2.92. The van der Waals surface area contributed by atoms with Crippen LogP contribution in [0.25, 0.3) is 0 Å². The second-order valence-corrected chi connectivity index (χ2v) is 7.44. The molecule has 0 bridgehead atoms. The summed E-state index contributed by atoms with van der Waals surface area (Å²) in [5.74, 6) is 1.99. The van der Waals surface area contributed by atoms with Gasteiger partial charge in [0.25, 0.3) is 0 Å². The molecule has 2 saturated carbocycles. The highest BCUT2D eigenvalue weighted by atomic mass is 79.9. The molecule has 0 nitrogen and oxygen atoms in total. The van der Waals surface area contributed by atoms with E-state index in [1.165, 1.54) is 74.9 Å². The molecule has 17 heavy (non-hydrogen) atoms. The predicted octanol–water partition coefficient (Wildman–Crippen LogP) is 5.92. The Kier molecular flexibility index (Phi) is 5.86. The van der Waals surface area contributed by atoms with Gasteiger partial charge in [-0.15, -0.1) is 0 Å². The van der Waals surface area contributed by atoms with Gasteiger partial charge in [0.2, 0.25) is 0 Å². The molecule has 100 valence electrons. The second-order valence-electron chi connectivity index (χ2n) is 6.32. The quantitative estimate of drug-likeness (QED) is 0.530. The number of hydrogen-bond acceptors (Lipinski definition) is 0. The first-order valence-corrected chi connectivity index (χ1v) is 9.67. The lowest BCUT2D eigenvalue weighted by Gasteiger charge is -2.40. The molecule has 0 unspecified atom stereocenters. The summed E-state index contributed by atoms with van der Waals surface area (Å²) in [5.41, 5.74) is 0.554. The first-order valence-electron chi connectivity index (χ1n) is 7.43. The lowest BCUT2D eigenvalue weighted by molar-refractivity contribution is 0.158. The predicted molar refractivity (Wildman–Crippen MR) is 83.2 cm³/mol. The Labute approximate surface area is 124 Å². The Bertz CT molecular complexity index is 211. The van der Waals surface area contributed by atoms with Crippen LogP contribution in [0.5, 0.6) is 0 Å². The first kappa shape index (κ1) is 14.4. The van der Waals surface area contributed by atoms with Gasteiger partial charge in [-0.3, -0.25) is 0 Å². The van der Waals surface area contributed by atoms with Crippen molar-refractivity contribution in [2.24, 2.45) is 17.3 Å². The van der Waals surface area contributed by atoms with Crippen LogP contribution in [-0.2, 0) is 0 Å². The van der Waals surface area contributed by atoms with Gasteiger partial charge in [-0.1, -0.05) is 76.8 Å². The van der Waals surface area contributed by atoms with Gasteiger partial charge in [-0.25, -0.2) is 0 Å². The third-order valence-electron chi connectivity index (χ3n) is 5.17. The largest absolute Gasteiger partial charge is 0.0922 e. The summed E-state index contributed by atoms with van der Waals surface area (Å²) in [5, 5.41) is 2.40. The van der Waals surface area contributed by atoms with Crippen LogP contribution >= 0.6 is 31.9 Å². The molecule has 2 rings (SSSR count). The molecule has 2 fully saturated rings. The molecule has 2 heteroatoms. The summed E-state index contributed by atoms with van der Waals surface area (Å²) in [6.45, 7) is 0. The van der Waals surface area contributed by atoms with E-state index in [0.29, 0.717) is 5.41 Å². The molecule has 0 N–H and O–H groups in total. The average molecular weight is 366 g/mol. The third-order valence-corrected chi connectivity index (χ3v) is 7.41. The topological polar surface area (TPSA) is 0 Å². The van der Waals surface area contributed by atoms with Gasteiger partial charge >= 0.3 is 0 Å². The van der Waals surface area contributed by atoms with E-state index in [-0.39, 0.29) is 0 Å². The van der Waals surface area contributed by atoms with E-state index in [0.717, 1.165) is 11.8 Å². The smallest absolute Gasteiger partial charge is 0.00987 e. The van der Waals surface area contributed by atoms with Crippen LogP contribution in [0.1, 0.15) is 64.2 Å². The zero-order chi connectivity index (χ0) is 12.1. The second kappa shape index (κ2) is 6.93. The van der Waals surface area contributed by atoms with Gasteiger partial charge in [0.15, 0.2) is 0 Å². The maximum absolute atomic E-state index is 3.84. The van der Waals surface area contributed by atoms with E-state index in [2.05, 4.69) is 31.9 Å². The molecule has 0 aromatic rings. The molecule has 0 atom stereocenters. The Hall–Kier alpha value is 0.960. The number of halogens is 2. The molecular formula is C15H26Br2. The summed E-state index contributed by atoms with van der Waals surface area (Å²) in [6.07, 6.45) is 14.8. The monoisotopic (exact) mass is 364 g/mol. The molecule has 2 aliphatic carbocycles. The number of alkyl halides is 2. The molecule has 0 aromatic carbocycles. The van der Waals surface area contributed by atoms with Crippen LogP contribution in [0.3, 0.4) is 0 Å². The van der Waals surface area contributed by atoms with Gasteiger partial charge in [0.1, 0.15) is 0 Å².